The van der Waals surface area contributed by atoms with Crippen LogP contribution >= 0.6 is 11.6 Å². The first-order valence-electron chi connectivity index (χ1n) is 5.95. The lowest BCUT2D eigenvalue weighted by Crippen LogP contribution is -1.82. The highest BCUT2D eigenvalue weighted by Crippen LogP contribution is 2.37. The molecule has 0 atom stereocenters. The second-order valence-corrected chi connectivity index (χ2v) is 5.11. The number of hydrogen-bond donors (Lipinski definition) is 0. The first-order valence-corrected chi connectivity index (χ1v) is 6.33. The van der Waals surface area contributed by atoms with Crippen LogP contribution < -0.4 is 0 Å². The van der Waals surface area contributed by atoms with Crippen molar-refractivity contribution in [2.75, 3.05) is 0 Å². The number of furan rings is 1. The van der Waals surface area contributed by atoms with Crippen molar-refractivity contribution in [1.29, 1.82) is 0 Å². The van der Waals surface area contributed by atoms with Crippen LogP contribution in [0.4, 0.5) is 0 Å². The summed E-state index contributed by atoms with van der Waals surface area (Å²) < 4.78 is 5.87. The fourth-order valence-corrected chi connectivity index (χ4v) is 3.09. The van der Waals surface area contributed by atoms with E-state index in [1.54, 1.807) is 0 Å². The molecule has 1 aliphatic carbocycles. The Hall–Kier alpha value is -1.47. The Morgan fingerprint density at radius 3 is 2.88 bits per heavy atom. The summed E-state index contributed by atoms with van der Waals surface area (Å²) in [5.74, 6) is 0. The molecule has 1 aromatic heterocycles. The van der Waals surface area contributed by atoms with Crippen LogP contribution in [0, 0.1) is 0 Å². The van der Waals surface area contributed by atoms with Crippen molar-refractivity contribution in [2.24, 2.45) is 0 Å². The molecule has 0 fully saturated rings. The van der Waals surface area contributed by atoms with Gasteiger partial charge >= 0.3 is 0 Å². The molecule has 0 saturated heterocycles. The van der Waals surface area contributed by atoms with Crippen LogP contribution in [0.3, 0.4) is 0 Å². The van der Waals surface area contributed by atoms with Crippen molar-refractivity contribution in [1.82, 2.24) is 0 Å². The van der Waals surface area contributed by atoms with Gasteiger partial charge in [-0.2, -0.15) is 0 Å². The summed E-state index contributed by atoms with van der Waals surface area (Å²) in [7, 11) is 0. The van der Waals surface area contributed by atoms with E-state index >= 15 is 0 Å². The minimum atomic E-state index is 0.730. The summed E-state index contributed by atoms with van der Waals surface area (Å²) in [5.41, 5.74) is 4.84. The Morgan fingerprint density at radius 2 is 1.94 bits per heavy atom. The van der Waals surface area contributed by atoms with Crippen molar-refractivity contribution in [3.63, 3.8) is 0 Å². The second-order valence-electron chi connectivity index (χ2n) is 4.67. The average molecular weight is 243 g/mol. The van der Waals surface area contributed by atoms with Gasteiger partial charge in [-0.3, -0.25) is 0 Å². The fraction of sp³-hybridized carbons (Fsp3) is 0.200. The molecule has 1 aliphatic rings. The van der Waals surface area contributed by atoms with Gasteiger partial charge in [-0.05, 0) is 48.6 Å². The van der Waals surface area contributed by atoms with E-state index in [0.29, 0.717) is 0 Å². The molecule has 4 rings (SSSR count). The lowest BCUT2D eigenvalue weighted by molar-refractivity contribution is 0.668. The third kappa shape index (κ3) is 1.26. The van der Waals surface area contributed by atoms with Gasteiger partial charge in [0, 0.05) is 21.9 Å². The van der Waals surface area contributed by atoms with Crippen LogP contribution in [-0.4, -0.2) is 0 Å². The third-order valence-electron chi connectivity index (χ3n) is 3.68. The maximum Gasteiger partial charge on any atom is 0.136 e. The van der Waals surface area contributed by atoms with Gasteiger partial charge in [0.1, 0.15) is 11.2 Å². The fourth-order valence-electron chi connectivity index (χ4n) is 2.93. The molecule has 0 radical (unpaired) electrons. The smallest absolute Gasteiger partial charge is 0.136 e. The Labute approximate surface area is 104 Å². The quantitative estimate of drug-likeness (QED) is 0.556. The van der Waals surface area contributed by atoms with Crippen molar-refractivity contribution in [3.05, 3.63) is 46.5 Å². The molecule has 0 spiro atoms. The highest BCUT2D eigenvalue weighted by Gasteiger charge is 2.18. The van der Waals surface area contributed by atoms with Crippen LogP contribution in [0.15, 0.2) is 34.7 Å². The van der Waals surface area contributed by atoms with Gasteiger partial charge in [0.2, 0.25) is 0 Å². The maximum atomic E-state index is 6.00. The maximum absolute atomic E-state index is 6.00. The molecule has 0 N–H and O–H groups in total. The highest BCUT2D eigenvalue weighted by atomic mass is 35.5. The van der Waals surface area contributed by atoms with Crippen LogP contribution in [-0.2, 0) is 12.8 Å². The predicted molar refractivity (Wildman–Crippen MR) is 70.8 cm³/mol. The van der Waals surface area contributed by atoms with Gasteiger partial charge in [-0.1, -0.05) is 17.7 Å². The van der Waals surface area contributed by atoms with Crippen LogP contribution in [0.25, 0.3) is 21.9 Å². The molecular weight excluding hydrogens is 232 g/mol. The number of aryl methyl sites for hydroxylation is 2. The molecular formula is C15H11ClO. The Balaban J connectivity index is 2.23. The first kappa shape index (κ1) is 9.55. The normalized spacial score (nSPS) is 14.6. The lowest BCUT2D eigenvalue weighted by Gasteiger charge is -1.99. The zero-order valence-electron chi connectivity index (χ0n) is 9.29. The minimum Gasteiger partial charge on any atom is -0.456 e. The Kier molecular flexibility index (Phi) is 1.84. The molecule has 84 valence electrons. The molecule has 2 heteroatoms. The summed E-state index contributed by atoms with van der Waals surface area (Å²) in [5, 5.41) is 3.23. The topological polar surface area (TPSA) is 13.1 Å². The van der Waals surface area contributed by atoms with E-state index in [1.807, 2.05) is 12.1 Å². The molecule has 0 bridgehead atoms. The molecule has 3 aromatic rings. The van der Waals surface area contributed by atoms with E-state index in [1.165, 1.54) is 41.2 Å². The highest BCUT2D eigenvalue weighted by molar-refractivity contribution is 6.31. The van der Waals surface area contributed by atoms with E-state index in [9.17, 15) is 0 Å². The first-order chi connectivity index (χ1) is 8.33. The number of fused-ring (bicyclic) bond motifs is 5. The predicted octanol–water partition coefficient (Wildman–Crippen LogP) is 4.73. The summed E-state index contributed by atoms with van der Waals surface area (Å²) in [6, 6.07) is 10.2. The molecule has 0 amide bonds. The van der Waals surface area contributed by atoms with Crippen LogP contribution in [0.2, 0.25) is 5.02 Å². The molecule has 2 aromatic carbocycles. The molecule has 0 unspecified atom stereocenters. The third-order valence-corrected chi connectivity index (χ3v) is 3.91. The second kappa shape index (κ2) is 3.27. The number of benzene rings is 2. The summed E-state index contributed by atoms with van der Waals surface area (Å²) in [6.45, 7) is 0. The Bertz CT molecular complexity index is 739. The molecule has 1 heterocycles. The van der Waals surface area contributed by atoms with E-state index in [2.05, 4.69) is 18.2 Å². The summed E-state index contributed by atoms with van der Waals surface area (Å²) in [6.07, 6.45) is 3.63. The monoisotopic (exact) mass is 242 g/mol. The molecule has 17 heavy (non-hydrogen) atoms. The van der Waals surface area contributed by atoms with E-state index in [0.717, 1.165) is 16.2 Å². The van der Waals surface area contributed by atoms with Crippen molar-refractivity contribution in [2.45, 2.75) is 19.3 Å². The van der Waals surface area contributed by atoms with Crippen molar-refractivity contribution >= 4 is 33.5 Å². The number of halogens is 1. The molecule has 1 nitrogen and oxygen atoms in total. The zero-order valence-corrected chi connectivity index (χ0v) is 10.1. The van der Waals surface area contributed by atoms with Gasteiger partial charge < -0.3 is 4.42 Å². The van der Waals surface area contributed by atoms with Crippen molar-refractivity contribution < 1.29 is 4.42 Å². The van der Waals surface area contributed by atoms with E-state index in [4.69, 9.17) is 16.0 Å². The SMILES string of the molecule is Clc1ccc2c(c1)oc1ccc3c(c12)CCC3. The van der Waals surface area contributed by atoms with Gasteiger partial charge in [-0.25, -0.2) is 0 Å². The van der Waals surface area contributed by atoms with Gasteiger partial charge in [0.15, 0.2) is 0 Å². The zero-order chi connectivity index (χ0) is 11.4. The van der Waals surface area contributed by atoms with Crippen LogP contribution in [0.5, 0.6) is 0 Å². The lowest BCUT2D eigenvalue weighted by atomic mass is 10.0. The molecule has 0 saturated carbocycles. The van der Waals surface area contributed by atoms with Gasteiger partial charge in [0.05, 0.1) is 0 Å². The average Bonchev–Trinajstić information content (AvgIpc) is 2.89. The summed E-state index contributed by atoms with van der Waals surface area (Å²) in [4.78, 5) is 0. The van der Waals surface area contributed by atoms with Crippen molar-refractivity contribution in [3.8, 4) is 0 Å². The van der Waals surface area contributed by atoms with Gasteiger partial charge in [-0.15, -0.1) is 0 Å². The standard InChI is InChI=1S/C15H11ClO/c16-10-5-6-12-14(8-10)17-13-7-4-9-2-1-3-11(9)15(12)13/h4-8H,1-3H2. The van der Waals surface area contributed by atoms with Gasteiger partial charge in [0.25, 0.3) is 0 Å². The van der Waals surface area contributed by atoms with Crippen LogP contribution in [0.1, 0.15) is 17.5 Å². The van der Waals surface area contributed by atoms with E-state index < -0.39 is 0 Å². The number of rotatable bonds is 0. The summed E-state index contributed by atoms with van der Waals surface area (Å²) >= 11 is 6.00. The Morgan fingerprint density at radius 1 is 1.00 bits per heavy atom. The van der Waals surface area contributed by atoms with E-state index in [-0.39, 0.29) is 0 Å². The number of hydrogen-bond acceptors (Lipinski definition) is 1. The minimum absolute atomic E-state index is 0.730. The molecule has 0 aliphatic heterocycles. The largest absolute Gasteiger partial charge is 0.456 e.